The van der Waals surface area contributed by atoms with Crippen LogP contribution in [0.25, 0.3) is 0 Å². The number of anilines is 1. The van der Waals surface area contributed by atoms with E-state index >= 15 is 0 Å². The van der Waals surface area contributed by atoms with Gasteiger partial charge in [0.25, 0.3) is 0 Å². The molecule has 0 fully saturated rings. The average molecular weight is 308 g/mol. The largest absolute Gasteiger partial charge is 0.464 e. The molecule has 0 spiro atoms. The molecule has 0 saturated carbocycles. The molecule has 7 heteroatoms. The minimum absolute atomic E-state index is 0.00951. The number of nitrogens with one attached hydrogen (secondary N) is 1. The second kappa shape index (κ2) is 8.66. The topological polar surface area (TPSA) is 108 Å². The third-order valence-electron chi connectivity index (χ3n) is 2.69. The van der Waals surface area contributed by atoms with Crippen LogP contribution in [0.5, 0.6) is 0 Å². The monoisotopic (exact) mass is 308 g/mol. The predicted octanol–water partition coefficient (Wildman–Crippen LogP) is 0.422. The summed E-state index contributed by atoms with van der Waals surface area (Å²) < 4.78 is 9.53. The standard InChI is InChI=1S/C15H20N2O5/c1-3-21-14(19)13(15(20)22-4-2)17-12(18)9-10-5-7-11(16)8-6-10/h5-8,13H,3-4,9,16H2,1-2H3,(H,17,18). The lowest BCUT2D eigenvalue weighted by molar-refractivity contribution is -0.159. The van der Waals surface area contributed by atoms with Crippen molar-refractivity contribution < 1.29 is 23.9 Å². The molecule has 3 N–H and O–H groups in total. The second-order valence-electron chi connectivity index (χ2n) is 4.42. The molecule has 0 aromatic heterocycles. The van der Waals surface area contributed by atoms with Crippen LogP contribution < -0.4 is 11.1 Å². The van der Waals surface area contributed by atoms with Crippen LogP contribution in [0, 0.1) is 0 Å². The summed E-state index contributed by atoms with van der Waals surface area (Å²) in [5.41, 5.74) is 6.85. The highest BCUT2D eigenvalue weighted by Gasteiger charge is 2.31. The van der Waals surface area contributed by atoms with Gasteiger partial charge < -0.3 is 20.5 Å². The maximum atomic E-state index is 12.0. The number of hydrogen-bond acceptors (Lipinski definition) is 6. The molecular formula is C15H20N2O5. The number of carbonyl (C=O) groups is 3. The van der Waals surface area contributed by atoms with Crippen molar-refractivity contribution in [2.24, 2.45) is 0 Å². The predicted molar refractivity (Wildman–Crippen MR) is 79.8 cm³/mol. The van der Waals surface area contributed by atoms with Gasteiger partial charge in [-0.15, -0.1) is 0 Å². The molecule has 0 aliphatic rings. The van der Waals surface area contributed by atoms with Crippen molar-refractivity contribution in [2.45, 2.75) is 26.3 Å². The Labute approximate surface area is 128 Å². The van der Waals surface area contributed by atoms with Crippen LogP contribution >= 0.6 is 0 Å². The summed E-state index contributed by atoms with van der Waals surface area (Å²) in [7, 11) is 0. The van der Waals surface area contributed by atoms with Gasteiger partial charge >= 0.3 is 11.9 Å². The Morgan fingerprint density at radius 3 is 2.00 bits per heavy atom. The number of nitrogens with two attached hydrogens (primary N) is 1. The summed E-state index contributed by atoms with van der Waals surface area (Å²) in [5, 5.41) is 2.33. The van der Waals surface area contributed by atoms with Crippen LogP contribution in [0.15, 0.2) is 24.3 Å². The van der Waals surface area contributed by atoms with Crippen LogP contribution in [0.4, 0.5) is 5.69 Å². The molecule has 1 aromatic carbocycles. The molecule has 1 rings (SSSR count). The Morgan fingerprint density at radius 1 is 1.05 bits per heavy atom. The molecule has 1 aromatic rings. The second-order valence-corrected chi connectivity index (χ2v) is 4.42. The lowest BCUT2D eigenvalue weighted by Gasteiger charge is -2.15. The van der Waals surface area contributed by atoms with Crippen LogP contribution in [0.2, 0.25) is 0 Å². The van der Waals surface area contributed by atoms with Gasteiger partial charge in [0.15, 0.2) is 0 Å². The average Bonchev–Trinajstić information content (AvgIpc) is 2.47. The molecule has 0 unspecified atom stereocenters. The van der Waals surface area contributed by atoms with E-state index in [4.69, 9.17) is 15.2 Å². The molecule has 0 bridgehead atoms. The number of benzene rings is 1. The lowest BCUT2D eigenvalue weighted by Crippen LogP contribution is -2.48. The summed E-state index contributed by atoms with van der Waals surface area (Å²) in [6.45, 7) is 3.41. The summed E-state index contributed by atoms with van der Waals surface area (Å²) in [6, 6.07) is 5.26. The number of ether oxygens (including phenoxy) is 2. The van der Waals surface area contributed by atoms with E-state index in [0.29, 0.717) is 11.3 Å². The number of esters is 2. The van der Waals surface area contributed by atoms with Crippen molar-refractivity contribution >= 4 is 23.5 Å². The zero-order valence-corrected chi connectivity index (χ0v) is 12.6. The van der Waals surface area contributed by atoms with E-state index in [1.807, 2.05) is 0 Å². The quantitative estimate of drug-likeness (QED) is 0.429. The van der Waals surface area contributed by atoms with E-state index in [1.165, 1.54) is 0 Å². The van der Waals surface area contributed by atoms with Crippen LogP contribution in [-0.2, 0) is 30.3 Å². The highest BCUT2D eigenvalue weighted by molar-refractivity contribution is 6.02. The summed E-state index contributed by atoms with van der Waals surface area (Å²) in [5.74, 6) is -2.17. The van der Waals surface area contributed by atoms with Crippen molar-refractivity contribution in [3.05, 3.63) is 29.8 Å². The van der Waals surface area contributed by atoms with Gasteiger partial charge in [-0.2, -0.15) is 0 Å². The first-order chi connectivity index (χ1) is 10.5. The van der Waals surface area contributed by atoms with E-state index in [-0.39, 0.29) is 19.6 Å². The van der Waals surface area contributed by atoms with E-state index < -0.39 is 23.9 Å². The molecule has 0 aliphatic heterocycles. The zero-order valence-electron chi connectivity index (χ0n) is 12.6. The van der Waals surface area contributed by atoms with Gasteiger partial charge in [0.05, 0.1) is 19.6 Å². The van der Waals surface area contributed by atoms with Gasteiger partial charge in [-0.25, -0.2) is 9.59 Å². The minimum atomic E-state index is -1.46. The highest BCUT2D eigenvalue weighted by atomic mass is 16.6. The maximum absolute atomic E-state index is 12.0. The van der Waals surface area contributed by atoms with Gasteiger partial charge in [0, 0.05) is 5.69 Å². The van der Waals surface area contributed by atoms with Crippen LogP contribution in [0.1, 0.15) is 19.4 Å². The fraction of sp³-hybridized carbons (Fsp3) is 0.400. The molecule has 0 atom stereocenters. The van der Waals surface area contributed by atoms with Gasteiger partial charge in [0.1, 0.15) is 0 Å². The fourth-order valence-electron chi connectivity index (χ4n) is 1.70. The first kappa shape index (κ1) is 17.5. The Balaban J connectivity index is 2.71. The van der Waals surface area contributed by atoms with Gasteiger partial charge in [-0.1, -0.05) is 12.1 Å². The Kier molecular flexibility index (Phi) is 6.88. The number of carbonyl (C=O) groups excluding carboxylic acids is 3. The van der Waals surface area contributed by atoms with E-state index in [2.05, 4.69) is 5.32 Å². The fourth-order valence-corrected chi connectivity index (χ4v) is 1.70. The normalized spacial score (nSPS) is 10.1. The number of amides is 1. The maximum Gasteiger partial charge on any atom is 0.340 e. The molecule has 120 valence electrons. The molecule has 0 saturated heterocycles. The summed E-state index contributed by atoms with van der Waals surface area (Å²) >= 11 is 0. The minimum Gasteiger partial charge on any atom is -0.464 e. The summed E-state index contributed by atoms with van der Waals surface area (Å²) in [4.78, 5) is 35.4. The molecule has 0 heterocycles. The number of hydrogen-bond donors (Lipinski definition) is 2. The van der Waals surface area contributed by atoms with Crippen LogP contribution in [0.3, 0.4) is 0 Å². The van der Waals surface area contributed by atoms with Gasteiger partial charge in [0.2, 0.25) is 11.9 Å². The summed E-state index contributed by atoms with van der Waals surface area (Å²) in [6.07, 6.45) is 0.00951. The molecule has 7 nitrogen and oxygen atoms in total. The first-order valence-electron chi connectivity index (χ1n) is 6.95. The Morgan fingerprint density at radius 2 is 1.55 bits per heavy atom. The van der Waals surface area contributed by atoms with E-state index in [9.17, 15) is 14.4 Å². The van der Waals surface area contributed by atoms with Crippen molar-refractivity contribution in [3.63, 3.8) is 0 Å². The smallest absolute Gasteiger partial charge is 0.340 e. The highest BCUT2D eigenvalue weighted by Crippen LogP contribution is 2.06. The number of rotatable bonds is 7. The Bertz CT molecular complexity index is 509. The van der Waals surface area contributed by atoms with E-state index in [1.54, 1.807) is 38.1 Å². The van der Waals surface area contributed by atoms with Crippen molar-refractivity contribution in [1.29, 1.82) is 0 Å². The first-order valence-corrected chi connectivity index (χ1v) is 6.95. The third kappa shape index (κ3) is 5.43. The number of nitrogen functional groups attached to an aromatic ring is 1. The van der Waals surface area contributed by atoms with Gasteiger partial charge in [-0.3, -0.25) is 4.79 Å². The lowest BCUT2D eigenvalue weighted by atomic mass is 10.1. The molecular weight excluding hydrogens is 288 g/mol. The molecule has 1 amide bonds. The van der Waals surface area contributed by atoms with Crippen molar-refractivity contribution in [2.75, 3.05) is 18.9 Å². The van der Waals surface area contributed by atoms with Crippen LogP contribution in [-0.4, -0.2) is 37.1 Å². The third-order valence-corrected chi connectivity index (χ3v) is 2.69. The van der Waals surface area contributed by atoms with E-state index in [0.717, 1.165) is 0 Å². The zero-order chi connectivity index (χ0) is 16.5. The Hall–Kier alpha value is -2.57. The molecule has 0 radical (unpaired) electrons. The van der Waals surface area contributed by atoms with Gasteiger partial charge in [-0.05, 0) is 31.5 Å². The SMILES string of the molecule is CCOC(=O)C(NC(=O)Cc1ccc(N)cc1)C(=O)OCC. The van der Waals surface area contributed by atoms with Crippen molar-refractivity contribution in [1.82, 2.24) is 5.32 Å². The van der Waals surface area contributed by atoms with Crippen molar-refractivity contribution in [3.8, 4) is 0 Å². The molecule has 0 aliphatic carbocycles. The molecule has 22 heavy (non-hydrogen) atoms.